The fourth-order valence-corrected chi connectivity index (χ4v) is 7.56. The molecule has 2 aromatic rings. The van der Waals surface area contributed by atoms with E-state index in [9.17, 15) is 14.4 Å². The van der Waals surface area contributed by atoms with Crippen LogP contribution in [0.1, 0.15) is 60.4 Å². The van der Waals surface area contributed by atoms with Gasteiger partial charge in [0.1, 0.15) is 0 Å². The molecule has 1 aromatic heterocycles. The second-order valence-electron chi connectivity index (χ2n) is 10.5. The number of anilines is 2. The molecule has 3 N–H and O–H groups in total. The van der Waals surface area contributed by atoms with Crippen LogP contribution in [0.15, 0.2) is 29.6 Å². The van der Waals surface area contributed by atoms with E-state index < -0.39 is 6.03 Å². The number of imide groups is 1. The Hall–Kier alpha value is -2.78. The monoisotopic (exact) mass is 479 g/mol. The first-order valence-electron chi connectivity index (χ1n) is 12.2. The minimum absolute atomic E-state index is 0.251. The number of carbonyl (C=O) groups excluding carboxylic acids is 3. The Morgan fingerprint density at radius 1 is 1.15 bits per heavy atom. The fraction of sp³-hybridized carbons (Fsp3) is 0.520. The van der Waals surface area contributed by atoms with E-state index in [-0.39, 0.29) is 23.8 Å². The van der Waals surface area contributed by atoms with Crippen molar-refractivity contribution < 1.29 is 14.4 Å². The van der Waals surface area contributed by atoms with E-state index >= 15 is 0 Å². The smallest absolute Gasteiger partial charge is 0.320 e. The highest BCUT2D eigenvalue weighted by molar-refractivity contribution is 7.11. The fourth-order valence-electron chi connectivity index (χ4n) is 6.84. The molecule has 5 aliphatic rings. The van der Waals surface area contributed by atoms with Crippen molar-refractivity contribution >= 4 is 40.6 Å². The number of rotatable bonds is 6. The molecule has 1 saturated heterocycles. The molecular weight excluding hydrogens is 450 g/mol. The van der Waals surface area contributed by atoms with E-state index in [2.05, 4.69) is 20.9 Å². The lowest BCUT2D eigenvalue weighted by atomic mass is 9.53. The molecule has 4 amide bonds. The molecule has 9 heteroatoms. The minimum atomic E-state index is -0.448. The molecule has 1 aromatic carbocycles. The maximum absolute atomic E-state index is 12.8. The van der Waals surface area contributed by atoms with Crippen LogP contribution in [0, 0.1) is 17.8 Å². The summed E-state index contributed by atoms with van der Waals surface area (Å²) in [7, 11) is 0. The third kappa shape index (κ3) is 4.22. The summed E-state index contributed by atoms with van der Waals surface area (Å²) in [4.78, 5) is 42.4. The number of thiazole rings is 1. The van der Waals surface area contributed by atoms with Crippen molar-refractivity contribution in [2.24, 2.45) is 17.8 Å². The highest BCUT2D eigenvalue weighted by atomic mass is 32.1. The number of amides is 4. The number of benzene rings is 1. The topological polar surface area (TPSA) is 103 Å². The van der Waals surface area contributed by atoms with Crippen molar-refractivity contribution in [1.82, 2.24) is 15.6 Å². The third-order valence-corrected chi connectivity index (χ3v) is 8.79. The predicted molar refractivity (Wildman–Crippen MR) is 130 cm³/mol. The number of aromatic nitrogens is 1. The van der Waals surface area contributed by atoms with E-state index in [0.717, 1.165) is 23.4 Å². The molecule has 2 heterocycles. The number of hydrogen-bond acceptors (Lipinski definition) is 6. The van der Waals surface area contributed by atoms with E-state index in [1.807, 2.05) is 5.38 Å². The summed E-state index contributed by atoms with van der Waals surface area (Å²) in [5, 5.41) is 11.4. The largest absolute Gasteiger partial charge is 0.328 e. The van der Waals surface area contributed by atoms with Gasteiger partial charge in [0.05, 0.1) is 5.69 Å². The number of urea groups is 1. The summed E-state index contributed by atoms with van der Waals surface area (Å²) in [5.41, 5.74) is 2.39. The zero-order valence-electron chi connectivity index (χ0n) is 19.0. The molecule has 0 spiro atoms. The molecule has 8 nitrogen and oxygen atoms in total. The Labute approximate surface area is 202 Å². The number of hydrogen-bond donors (Lipinski definition) is 3. The summed E-state index contributed by atoms with van der Waals surface area (Å²) >= 11 is 1.35. The Morgan fingerprint density at radius 3 is 2.59 bits per heavy atom. The van der Waals surface area contributed by atoms with Gasteiger partial charge in [-0.3, -0.25) is 19.8 Å². The van der Waals surface area contributed by atoms with Crippen molar-refractivity contribution in [2.45, 2.75) is 57.0 Å². The number of nitrogens with zero attached hydrogens (tertiary/aromatic N) is 2. The molecule has 178 valence electrons. The van der Waals surface area contributed by atoms with Crippen LogP contribution in [0.25, 0.3) is 0 Å². The average molecular weight is 480 g/mol. The van der Waals surface area contributed by atoms with Gasteiger partial charge in [0.2, 0.25) is 5.91 Å². The lowest BCUT2D eigenvalue weighted by molar-refractivity contribution is -0.120. The number of nitrogens with one attached hydrogen (secondary N) is 3. The summed E-state index contributed by atoms with van der Waals surface area (Å²) in [5.74, 6) is 2.14. The van der Waals surface area contributed by atoms with Crippen LogP contribution in [-0.2, 0) is 11.3 Å². The summed E-state index contributed by atoms with van der Waals surface area (Å²) in [6, 6.07) is 6.62. The van der Waals surface area contributed by atoms with Gasteiger partial charge >= 0.3 is 6.03 Å². The van der Waals surface area contributed by atoms with E-state index in [1.54, 1.807) is 24.3 Å². The highest BCUT2D eigenvalue weighted by Gasteiger charge is 2.50. The first-order valence-corrected chi connectivity index (χ1v) is 13.0. The number of carbonyl (C=O) groups is 3. The quantitative estimate of drug-likeness (QED) is 0.583. The second-order valence-corrected chi connectivity index (χ2v) is 11.3. The standard InChI is InChI=1S/C25H29N5O3S/c31-21-4-5-30(24(33)29-21)20-3-1-2-18(9-20)27-22(32)23-28-19(14-34-23)13-26-25-10-15-6-16(11-25)8-17(7-15)12-25/h1-3,9,14-17,26H,4-8,10-13H2,(H,27,32)(H,29,31,33). The van der Waals surface area contributed by atoms with E-state index in [4.69, 9.17) is 0 Å². The molecule has 0 radical (unpaired) electrons. The van der Waals surface area contributed by atoms with Gasteiger partial charge < -0.3 is 10.6 Å². The van der Waals surface area contributed by atoms with Gasteiger partial charge in [-0.25, -0.2) is 9.78 Å². The molecule has 4 aliphatic carbocycles. The predicted octanol–water partition coefficient (Wildman–Crippen LogP) is 3.90. The van der Waals surface area contributed by atoms with Crippen molar-refractivity contribution in [3.8, 4) is 0 Å². The Kier molecular flexibility index (Phi) is 5.41. The second kappa shape index (κ2) is 8.46. The molecule has 34 heavy (non-hydrogen) atoms. The van der Waals surface area contributed by atoms with Gasteiger partial charge in [-0.05, 0) is 74.5 Å². The first kappa shape index (κ1) is 21.7. The van der Waals surface area contributed by atoms with Crippen LogP contribution in [0.4, 0.5) is 16.2 Å². The first-order chi connectivity index (χ1) is 16.4. The Morgan fingerprint density at radius 2 is 1.88 bits per heavy atom. The van der Waals surface area contributed by atoms with Gasteiger partial charge in [-0.1, -0.05) is 6.07 Å². The van der Waals surface area contributed by atoms with Crippen LogP contribution in [-0.4, -0.2) is 34.9 Å². The van der Waals surface area contributed by atoms with Crippen LogP contribution >= 0.6 is 11.3 Å². The zero-order valence-corrected chi connectivity index (χ0v) is 19.8. The lowest BCUT2D eigenvalue weighted by Crippen LogP contribution is -2.58. The van der Waals surface area contributed by atoms with Crippen LogP contribution < -0.4 is 20.9 Å². The molecule has 4 bridgehead atoms. The average Bonchev–Trinajstić information content (AvgIpc) is 3.27. The summed E-state index contributed by atoms with van der Waals surface area (Å²) < 4.78 is 0. The third-order valence-electron chi connectivity index (χ3n) is 7.90. The molecule has 7 rings (SSSR count). The molecule has 5 fully saturated rings. The lowest BCUT2D eigenvalue weighted by Gasteiger charge is -2.57. The van der Waals surface area contributed by atoms with Crippen molar-refractivity contribution in [1.29, 1.82) is 0 Å². The molecular formula is C25H29N5O3S. The van der Waals surface area contributed by atoms with Crippen LogP contribution in [0.5, 0.6) is 0 Å². The molecule has 4 saturated carbocycles. The van der Waals surface area contributed by atoms with Crippen LogP contribution in [0.3, 0.4) is 0 Å². The summed E-state index contributed by atoms with van der Waals surface area (Å²) in [6.45, 7) is 1.02. The van der Waals surface area contributed by atoms with E-state index in [1.165, 1.54) is 54.8 Å². The van der Waals surface area contributed by atoms with Gasteiger partial charge in [-0.2, -0.15) is 0 Å². The minimum Gasteiger partial charge on any atom is -0.320 e. The SMILES string of the molecule is O=C1CCN(c2cccc(NC(=O)c3nc(CNC45CC6CC(CC(C6)C4)C5)cs3)c2)C(=O)N1. The van der Waals surface area contributed by atoms with Gasteiger partial charge in [0.25, 0.3) is 5.91 Å². The van der Waals surface area contributed by atoms with Gasteiger partial charge in [0, 0.05) is 41.8 Å². The maximum atomic E-state index is 12.8. The van der Waals surface area contributed by atoms with Gasteiger partial charge in [-0.15, -0.1) is 11.3 Å². The van der Waals surface area contributed by atoms with Crippen molar-refractivity contribution in [3.63, 3.8) is 0 Å². The normalized spacial score (nSPS) is 29.9. The zero-order chi connectivity index (χ0) is 23.3. The van der Waals surface area contributed by atoms with Gasteiger partial charge in [0.15, 0.2) is 5.01 Å². The van der Waals surface area contributed by atoms with Crippen molar-refractivity contribution in [2.75, 3.05) is 16.8 Å². The van der Waals surface area contributed by atoms with Crippen molar-refractivity contribution in [3.05, 3.63) is 40.3 Å². The molecule has 1 aliphatic heterocycles. The Balaban J connectivity index is 1.08. The molecule has 0 unspecified atom stereocenters. The Bertz CT molecular complexity index is 1110. The summed E-state index contributed by atoms with van der Waals surface area (Å²) in [6.07, 6.45) is 8.38. The highest BCUT2D eigenvalue weighted by Crippen LogP contribution is 2.55. The molecule has 0 atom stereocenters. The van der Waals surface area contributed by atoms with Crippen LogP contribution in [0.2, 0.25) is 0 Å². The van der Waals surface area contributed by atoms with E-state index in [0.29, 0.717) is 29.5 Å². The maximum Gasteiger partial charge on any atom is 0.328 e.